The lowest BCUT2D eigenvalue weighted by molar-refractivity contribution is -0.111. The maximum Gasteiger partial charge on any atom is 0.248 e. The molecule has 0 radical (unpaired) electrons. The molecule has 2 aromatic rings. The van der Waals surface area contributed by atoms with Crippen molar-refractivity contribution in [1.29, 1.82) is 0 Å². The molecule has 1 heterocycles. The van der Waals surface area contributed by atoms with E-state index in [1.807, 2.05) is 24.3 Å². The Labute approximate surface area is 153 Å². The van der Waals surface area contributed by atoms with E-state index in [0.29, 0.717) is 24.3 Å². The van der Waals surface area contributed by atoms with E-state index in [2.05, 4.69) is 5.32 Å². The van der Waals surface area contributed by atoms with E-state index in [0.717, 1.165) is 11.3 Å². The van der Waals surface area contributed by atoms with Crippen molar-refractivity contribution in [1.82, 2.24) is 0 Å². The van der Waals surface area contributed by atoms with Gasteiger partial charge in [0.25, 0.3) is 0 Å². The zero-order valence-corrected chi connectivity index (χ0v) is 15.2. The highest BCUT2D eigenvalue weighted by Crippen LogP contribution is 2.25. The highest BCUT2D eigenvalue weighted by molar-refractivity contribution is 7.93. The lowest BCUT2D eigenvalue weighted by atomic mass is 10.2. The maximum atomic E-state index is 12.0. The van der Waals surface area contributed by atoms with E-state index >= 15 is 0 Å². The van der Waals surface area contributed by atoms with E-state index < -0.39 is 10.0 Å². The van der Waals surface area contributed by atoms with Crippen molar-refractivity contribution in [2.75, 3.05) is 29.0 Å². The molecule has 0 unspecified atom stereocenters. The van der Waals surface area contributed by atoms with Gasteiger partial charge in [0.2, 0.25) is 15.9 Å². The Morgan fingerprint density at radius 3 is 2.62 bits per heavy atom. The van der Waals surface area contributed by atoms with E-state index in [1.54, 1.807) is 37.5 Å². The molecule has 136 valence electrons. The first-order chi connectivity index (χ1) is 12.5. The molecule has 1 fully saturated rings. The number of carbonyl (C=O) groups excluding carboxylic acids is 1. The van der Waals surface area contributed by atoms with Gasteiger partial charge in [-0.05, 0) is 54.5 Å². The third kappa shape index (κ3) is 4.23. The standard InChI is InChI=1S/C19H20N2O4S/c1-25-18-5-2-4-15(14-18)6-11-19(22)20-16-7-9-17(10-8-16)21-12-3-13-26(21,23)24/h2,4-11,14H,3,12-13H2,1H3,(H,20,22). The van der Waals surface area contributed by atoms with Gasteiger partial charge in [-0.2, -0.15) is 0 Å². The van der Waals surface area contributed by atoms with Crippen LogP contribution in [0.5, 0.6) is 5.75 Å². The number of hydrogen-bond donors (Lipinski definition) is 1. The van der Waals surface area contributed by atoms with Crippen LogP contribution in [0.4, 0.5) is 11.4 Å². The summed E-state index contributed by atoms with van der Waals surface area (Å²) in [5.74, 6) is 0.634. The number of hydrogen-bond acceptors (Lipinski definition) is 4. The number of anilines is 2. The first-order valence-corrected chi connectivity index (χ1v) is 9.82. The van der Waals surface area contributed by atoms with Crippen LogP contribution < -0.4 is 14.4 Å². The van der Waals surface area contributed by atoms with E-state index in [4.69, 9.17) is 4.74 Å². The highest BCUT2D eigenvalue weighted by atomic mass is 32.2. The van der Waals surface area contributed by atoms with E-state index in [9.17, 15) is 13.2 Å². The van der Waals surface area contributed by atoms with Crippen LogP contribution in [0, 0.1) is 0 Å². The monoisotopic (exact) mass is 372 g/mol. The molecule has 3 rings (SSSR count). The van der Waals surface area contributed by atoms with Gasteiger partial charge in [0.15, 0.2) is 0 Å². The topological polar surface area (TPSA) is 75.7 Å². The predicted octanol–water partition coefficient (Wildman–Crippen LogP) is 2.89. The lowest BCUT2D eigenvalue weighted by Gasteiger charge is -2.17. The Kier molecular flexibility index (Phi) is 5.27. The van der Waals surface area contributed by atoms with Crippen LogP contribution in [-0.4, -0.2) is 33.7 Å². The summed E-state index contributed by atoms with van der Waals surface area (Å²) in [5, 5.41) is 2.75. The van der Waals surface area contributed by atoms with Crippen molar-refractivity contribution in [2.24, 2.45) is 0 Å². The summed E-state index contributed by atoms with van der Waals surface area (Å²) in [4.78, 5) is 12.0. The molecule has 0 bridgehead atoms. The van der Waals surface area contributed by atoms with E-state index in [1.165, 1.54) is 10.4 Å². The van der Waals surface area contributed by atoms with Crippen LogP contribution in [0.25, 0.3) is 6.08 Å². The van der Waals surface area contributed by atoms with Gasteiger partial charge in [0.05, 0.1) is 18.6 Å². The fourth-order valence-corrected chi connectivity index (χ4v) is 4.31. The summed E-state index contributed by atoms with van der Waals surface area (Å²) < 4.78 is 30.4. The molecule has 6 nitrogen and oxygen atoms in total. The number of ether oxygens (including phenoxy) is 1. The molecule has 1 aliphatic heterocycles. The van der Waals surface area contributed by atoms with Crippen LogP contribution in [0.3, 0.4) is 0 Å². The van der Waals surface area contributed by atoms with Gasteiger partial charge in [-0.25, -0.2) is 8.42 Å². The van der Waals surface area contributed by atoms with Crippen molar-refractivity contribution in [3.63, 3.8) is 0 Å². The van der Waals surface area contributed by atoms with Crippen LogP contribution >= 0.6 is 0 Å². The molecular formula is C19H20N2O4S. The van der Waals surface area contributed by atoms with E-state index in [-0.39, 0.29) is 11.7 Å². The molecular weight excluding hydrogens is 352 g/mol. The number of carbonyl (C=O) groups is 1. The molecule has 26 heavy (non-hydrogen) atoms. The van der Waals surface area contributed by atoms with Gasteiger partial charge in [0, 0.05) is 18.3 Å². The van der Waals surface area contributed by atoms with Crippen molar-refractivity contribution < 1.29 is 17.9 Å². The fourth-order valence-electron chi connectivity index (χ4n) is 2.74. The number of rotatable bonds is 5. The van der Waals surface area contributed by atoms with Gasteiger partial charge < -0.3 is 10.1 Å². The average molecular weight is 372 g/mol. The number of amides is 1. The second-order valence-electron chi connectivity index (χ2n) is 5.89. The summed E-state index contributed by atoms with van der Waals surface area (Å²) in [6.45, 7) is 0.497. The Balaban J connectivity index is 1.63. The SMILES string of the molecule is COc1cccc(C=CC(=O)Nc2ccc(N3CCCS3(=O)=O)cc2)c1. The van der Waals surface area contributed by atoms with Crippen LogP contribution in [-0.2, 0) is 14.8 Å². The Morgan fingerprint density at radius 1 is 1.19 bits per heavy atom. The summed E-state index contributed by atoms with van der Waals surface area (Å²) in [5.41, 5.74) is 2.08. The van der Waals surface area contributed by atoms with Gasteiger partial charge in [-0.1, -0.05) is 12.1 Å². The summed E-state index contributed by atoms with van der Waals surface area (Å²) in [6, 6.07) is 14.2. The second kappa shape index (κ2) is 7.61. The molecule has 0 aliphatic carbocycles. The number of sulfonamides is 1. The van der Waals surface area contributed by atoms with Gasteiger partial charge in [-0.15, -0.1) is 0 Å². The minimum Gasteiger partial charge on any atom is -0.497 e. The van der Waals surface area contributed by atoms with Crippen LogP contribution in [0.15, 0.2) is 54.6 Å². The Bertz CT molecular complexity index is 921. The minimum absolute atomic E-state index is 0.181. The van der Waals surface area contributed by atoms with Crippen molar-refractivity contribution in [3.05, 3.63) is 60.2 Å². The Morgan fingerprint density at radius 2 is 1.96 bits per heavy atom. The summed E-state index contributed by atoms with van der Waals surface area (Å²) >= 11 is 0. The quantitative estimate of drug-likeness (QED) is 0.819. The zero-order chi connectivity index (χ0) is 18.6. The fraction of sp³-hybridized carbons (Fsp3) is 0.211. The first-order valence-electron chi connectivity index (χ1n) is 8.21. The van der Waals surface area contributed by atoms with Crippen molar-refractivity contribution >= 4 is 33.4 Å². The van der Waals surface area contributed by atoms with Gasteiger partial charge in [-0.3, -0.25) is 9.10 Å². The number of nitrogens with one attached hydrogen (secondary N) is 1. The number of nitrogens with zero attached hydrogens (tertiary/aromatic N) is 1. The molecule has 0 atom stereocenters. The third-order valence-electron chi connectivity index (χ3n) is 4.04. The third-order valence-corrected chi connectivity index (χ3v) is 5.91. The molecule has 1 saturated heterocycles. The molecule has 1 aliphatic rings. The summed E-state index contributed by atoms with van der Waals surface area (Å²) in [7, 11) is -1.61. The second-order valence-corrected chi connectivity index (χ2v) is 7.90. The van der Waals surface area contributed by atoms with Crippen LogP contribution in [0.1, 0.15) is 12.0 Å². The molecule has 0 spiro atoms. The molecule has 0 aromatic heterocycles. The Hall–Kier alpha value is -2.80. The summed E-state index contributed by atoms with van der Waals surface area (Å²) in [6.07, 6.45) is 3.77. The lowest BCUT2D eigenvalue weighted by Crippen LogP contribution is -2.24. The normalized spacial score (nSPS) is 16.0. The molecule has 1 amide bonds. The smallest absolute Gasteiger partial charge is 0.248 e. The maximum absolute atomic E-state index is 12.0. The number of benzene rings is 2. The molecule has 7 heteroatoms. The van der Waals surface area contributed by atoms with Crippen molar-refractivity contribution in [2.45, 2.75) is 6.42 Å². The predicted molar refractivity (Wildman–Crippen MR) is 103 cm³/mol. The van der Waals surface area contributed by atoms with Gasteiger partial charge >= 0.3 is 0 Å². The molecule has 0 saturated carbocycles. The minimum atomic E-state index is -3.20. The van der Waals surface area contributed by atoms with Crippen molar-refractivity contribution in [3.8, 4) is 5.75 Å². The number of methoxy groups -OCH3 is 1. The molecule has 1 N–H and O–H groups in total. The highest BCUT2D eigenvalue weighted by Gasteiger charge is 2.28. The van der Waals surface area contributed by atoms with Crippen LogP contribution in [0.2, 0.25) is 0 Å². The molecule has 2 aromatic carbocycles. The van der Waals surface area contributed by atoms with Gasteiger partial charge in [0.1, 0.15) is 5.75 Å². The first kappa shape index (κ1) is 18.0. The average Bonchev–Trinajstić information content (AvgIpc) is 3.00. The largest absolute Gasteiger partial charge is 0.497 e. The zero-order valence-electron chi connectivity index (χ0n) is 14.4.